The molecule has 0 N–H and O–H groups in total. The van der Waals surface area contributed by atoms with Crippen LogP contribution in [-0.4, -0.2) is 53.4 Å². The Morgan fingerprint density at radius 3 is 1.96 bits per heavy atom. The van der Waals surface area contributed by atoms with Crippen LogP contribution in [0.4, 0.5) is 4.79 Å². The minimum Gasteiger partial charge on any atom is -0.444 e. The minimum atomic E-state index is -0.467. The smallest absolute Gasteiger partial charge is 0.410 e. The molecule has 1 heterocycles. The van der Waals surface area contributed by atoms with Crippen LogP contribution in [0.1, 0.15) is 80.0 Å². The summed E-state index contributed by atoms with van der Waals surface area (Å²) in [6.45, 7) is 6.75. The van der Waals surface area contributed by atoms with Gasteiger partial charge in [0.15, 0.2) is 0 Å². The van der Waals surface area contributed by atoms with Gasteiger partial charge in [0.05, 0.1) is 11.1 Å². The Bertz CT molecular complexity index is 674. The van der Waals surface area contributed by atoms with Gasteiger partial charge in [-0.25, -0.2) is 4.79 Å². The lowest BCUT2D eigenvalue weighted by molar-refractivity contribution is 0.0295. The predicted molar refractivity (Wildman–Crippen MR) is 108 cm³/mol. The molecule has 0 radical (unpaired) electrons. The number of carbonyl (C=O) groups is 3. The summed E-state index contributed by atoms with van der Waals surface area (Å²) >= 11 is 0. The van der Waals surface area contributed by atoms with E-state index in [-0.39, 0.29) is 17.9 Å². The van der Waals surface area contributed by atoms with Crippen LogP contribution in [0.5, 0.6) is 0 Å². The molecule has 2 rings (SSSR count). The Hall–Kier alpha value is -2.37. The van der Waals surface area contributed by atoms with Crippen LogP contribution in [0.25, 0.3) is 0 Å². The molecule has 1 aromatic rings. The van der Waals surface area contributed by atoms with Crippen molar-refractivity contribution in [3.8, 4) is 0 Å². The quantitative estimate of drug-likeness (QED) is 0.462. The molecule has 0 spiro atoms. The number of benzene rings is 1. The van der Waals surface area contributed by atoms with Gasteiger partial charge in [-0.2, -0.15) is 0 Å². The number of fused-ring (bicyclic) bond motifs is 1. The van der Waals surface area contributed by atoms with E-state index < -0.39 is 5.60 Å². The molecular formula is C22H32N2O4. The number of carbonyl (C=O) groups excluding carboxylic acids is 3. The third-order valence-electron chi connectivity index (χ3n) is 4.71. The molecule has 0 bridgehead atoms. The number of amides is 3. The van der Waals surface area contributed by atoms with Crippen molar-refractivity contribution in [3.63, 3.8) is 0 Å². The van der Waals surface area contributed by atoms with E-state index in [9.17, 15) is 14.4 Å². The standard InChI is InChI=1S/C22H32N2O4/c1-22(2,3)28-21(27)23(4)15-11-7-5-6-8-12-16-24-19(25)17-13-9-10-14-18(17)20(24)26/h9-10,13-14H,5-8,11-12,15-16H2,1-4H3. The average molecular weight is 389 g/mol. The molecule has 0 saturated carbocycles. The van der Waals surface area contributed by atoms with E-state index in [2.05, 4.69) is 0 Å². The maximum Gasteiger partial charge on any atom is 0.410 e. The Balaban J connectivity index is 1.55. The molecule has 1 aliphatic heterocycles. The normalized spacial score (nSPS) is 13.6. The largest absolute Gasteiger partial charge is 0.444 e. The van der Waals surface area contributed by atoms with E-state index >= 15 is 0 Å². The second-order valence-electron chi connectivity index (χ2n) is 8.33. The molecule has 0 aliphatic carbocycles. The number of hydrogen-bond donors (Lipinski definition) is 0. The lowest BCUT2D eigenvalue weighted by Crippen LogP contribution is -2.34. The molecule has 1 aliphatic rings. The highest BCUT2D eigenvalue weighted by atomic mass is 16.6. The topological polar surface area (TPSA) is 66.9 Å². The summed E-state index contributed by atoms with van der Waals surface area (Å²) in [5.74, 6) is -0.350. The second-order valence-corrected chi connectivity index (χ2v) is 8.33. The number of hydrogen-bond acceptors (Lipinski definition) is 4. The number of rotatable bonds is 9. The third kappa shape index (κ3) is 6.08. The van der Waals surface area contributed by atoms with Gasteiger partial charge in [-0.3, -0.25) is 14.5 Å². The van der Waals surface area contributed by atoms with Gasteiger partial charge in [-0.05, 0) is 45.7 Å². The van der Waals surface area contributed by atoms with Crippen molar-refractivity contribution < 1.29 is 19.1 Å². The first-order valence-electron chi connectivity index (χ1n) is 10.1. The SMILES string of the molecule is CN(CCCCCCCCN1C(=O)c2ccccc2C1=O)C(=O)OC(C)(C)C. The van der Waals surface area contributed by atoms with Gasteiger partial charge in [-0.1, -0.05) is 37.8 Å². The van der Waals surface area contributed by atoms with E-state index in [0.717, 1.165) is 38.5 Å². The van der Waals surface area contributed by atoms with Crippen molar-refractivity contribution in [2.45, 2.75) is 64.9 Å². The summed E-state index contributed by atoms with van der Waals surface area (Å²) < 4.78 is 5.33. The van der Waals surface area contributed by atoms with Gasteiger partial charge in [-0.15, -0.1) is 0 Å². The van der Waals surface area contributed by atoms with Crippen molar-refractivity contribution in [2.75, 3.05) is 20.1 Å². The number of nitrogens with zero attached hydrogens (tertiary/aromatic N) is 2. The van der Waals surface area contributed by atoms with Gasteiger partial charge < -0.3 is 9.64 Å². The van der Waals surface area contributed by atoms with Crippen molar-refractivity contribution in [1.82, 2.24) is 9.80 Å². The summed E-state index contributed by atoms with van der Waals surface area (Å²) in [6, 6.07) is 7.00. The number of unbranched alkanes of at least 4 members (excludes halogenated alkanes) is 5. The average Bonchev–Trinajstić information content (AvgIpc) is 2.87. The fourth-order valence-electron chi connectivity index (χ4n) is 3.20. The van der Waals surface area contributed by atoms with Crippen LogP contribution < -0.4 is 0 Å². The van der Waals surface area contributed by atoms with E-state index in [1.165, 1.54) is 4.90 Å². The Morgan fingerprint density at radius 1 is 0.929 bits per heavy atom. The van der Waals surface area contributed by atoms with Gasteiger partial charge >= 0.3 is 6.09 Å². The summed E-state index contributed by atoms with van der Waals surface area (Å²) in [5, 5.41) is 0. The monoisotopic (exact) mass is 388 g/mol. The maximum atomic E-state index is 12.3. The third-order valence-corrected chi connectivity index (χ3v) is 4.71. The molecule has 0 unspecified atom stereocenters. The van der Waals surface area contributed by atoms with Crippen LogP contribution >= 0.6 is 0 Å². The highest BCUT2D eigenvalue weighted by molar-refractivity contribution is 6.21. The lowest BCUT2D eigenvalue weighted by Gasteiger charge is -2.24. The highest BCUT2D eigenvalue weighted by Gasteiger charge is 2.34. The molecule has 0 fully saturated rings. The fourth-order valence-corrected chi connectivity index (χ4v) is 3.20. The Morgan fingerprint density at radius 2 is 1.43 bits per heavy atom. The highest BCUT2D eigenvalue weighted by Crippen LogP contribution is 2.23. The molecule has 0 aromatic heterocycles. The first kappa shape index (κ1) is 21.9. The zero-order chi connectivity index (χ0) is 20.7. The Labute approximate surface area is 167 Å². The van der Waals surface area contributed by atoms with Crippen LogP contribution in [-0.2, 0) is 4.74 Å². The molecule has 0 atom stereocenters. The van der Waals surface area contributed by atoms with Gasteiger partial charge in [0.2, 0.25) is 0 Å². The molecule has 28 heavy (non-hydrogen) atoms. The molecule has 1 aromatic carbocycles. The molecule has 3 amide bonds. The summed E-state index contributed by atoms with van der Waals surface area (Å²) in [4.78, 5) is 39.4. The summed E-state index contributed by atoms with van der Waals surface area (Å²) in [7, 11) is 1.76. The van der Waals surface area contributed by atoms with E-state index in [4.69, 9.17) is 4.74 Å². The van der Waals surface area contributed by atoms with Crippen molar-refractivity contribution in [2.24, 2.45) is 0 Å². The van der Waals surface area contributed by atoms with Crippen LogP contribution in [0.2, 0.25) is 0 Å². The van der Waals surface area contributed by atoms with E-state index in [1.54, 1.807) is 36.2 Å². The van der Waals surface area contributed by atoms with Gasteiger partial charge in [0.25, 0.3) is 11.8 Å². The van der Waals surface area contributed by atoms with Crippen LogP contribution in [0.3, 0.4) is 0 Å². The molecular weight excluding hydrogens is 356 g/mol. The fraction of sp³-hybridized carbons (Fsp3) is 0.591. The van der Waals surface area contributed by atoms with Crippen LogP contribution in [0, 0.1) is 0 Å². The first-order valence-corrected chi connectivity index (χ1v) is 10.1. The summed E-state index contributed by atoms with van der Waals surface area (Å²) in [5.41, 5.74) is 0.563. The number of imide groups is 1. The second kappa shape index (κ2) is 9.71. The van der Waals surface area contributed by atoms with Crippen molar-refractivity contribution in [1.29, 1.82) is 0 Å². The van der Waals surface area contributed by atoms with Gasteiger partial charge in [0, 0.05) is 20.1 Å². The molecule has 0 saturated heterocycles. The summed E-state index contributed by atoms with van der Waals surface area (Å²) in [6.07, 6.45) is 5.63. The molecule has 6 nitrogen and oxygen atoms in total. The minimum absolute atomic E-state index is 0.175. The van der Waals surface area contributed by atoms with Gasteiger partial charge in [0.1, 0.15) is 5.60 Å². The van der Waals surface area contributed by atoms with Crippen LogP contribution in [0.15, 0.2) is 24.3 Å². The Kier molecular flexibility index (Phi) is 7.61. The zero-order valence-electron chi connectivity index (χ0n) is 17.5. The van der Waals surface area contributed by atoms with E-state index in [1.807, 2.05) is 20.8 Å². The van der Waals surface area contributed by atoms with Crippen molar-refractivity contribution >= 4 is 17.9 Å². The van der Waals surface area contributed by atoms with Crippen molar-refractivity contribution in [3.05, 3.63) is 35.4 Å². The molecule has 154 valence electrons. The lowest BCUT2D eigenvalue weighted by atomic mass is 10.1. The predicted octanol–water partition coefficient (Wildman–Crippen LogP) is 4.49. The maximum absolute atomic E-state index is 12.3. The first-order chi connectivity index (χ1) is 13.2. The zero-order valence-corrected chi connectivity index (χ0v) is 17.5. The molecule has 6 heteroatoms. The number of ether oxygens (including phenoxy) is 1. The van der Waals surface area contributed by atoms with E-state index in [0.29, 0.717) is 24.2 Å².